The van der Waals surface area contributed by atoms with Crippen molar-refractivity contribution in [1.82, 2.24) is 5.32 Å². The molecule has 0 atom stereocenters. The summed E-state index contributed by atoms with van der Waals surface area (Å²) in [4.78, 5) is 0. The van der Waals surface area contributed by atoms with Crippen molar-refractivity contribution in [3.63, 3.8) is 0 Å². The maximum Gasteiger partial charge on any atom is 0.0440 e. The first-order valence-corrected chi connectivity index (χ1v) is 8.58. The van der Waals surface area contributed by atoms with Crippen LogP contribution in [-0.4, -0.2) is 12.6 Å². The lowest BCUT2D eigenvalue weighted by atomic mass is 9.75. The van der Waals surface area contributed by atoms with Crippen molar-refractivity contribution in [2.24, 2.45) is 5.41 Å². The first kappa shape index (κ1) is 14.4. The zero-order valence-electron chi connectivity index (χ0n) is 12.5. The van der Waals surface area contributed by atoms with Gasteiger partial charge in [0.1, 0.15) is 0 Å². The van der Waals surface area contributed by atoms with E-state index in [2.05, 4.69) is 24.4 Å². The first-order chi connectivity index (χ1) is 9.72. The van der Waals surface area contributed by atoms with Gasteiger partial charge in [-0.1, -0.05) is 49.6 Å². The van der Waals surface area contributed by atoms with Gasteiger partial charge in [-0.15, -0.1) is 0 Å². The van der Waals surface area contributed by atoms with Crippen LogP contribution in [0.3, 0.4) is 0 Å². The number of hydrogen-bond acceptors (Lipinski definition) is 1. The first-order valence-electron chi connectivity index (χ1n) is 8.20. The fourth-order valence-corrected chi connectivity index (χ4v) is 4.28. The third-order valence-corrected chi connectivity index (χ3v) is 6.01. The second-order valence-corrected chi connectivity index (χ2v) is 7.24. The Morgan fingerprint density at radius 1 is 1.20 bits per heavy atom. The molecule has 2 fully saturated rings. The average Bonchev–Trinajstić information content (AvgIpc) is 2.88. The molecule has 0 heterocycles. The van der Waals surface area contributed by atoms with E-state index in [9.17, 15) is 0 Å². The van der Waals surface area contributed by atoms with Gasteiger partial charge in [-0.25, -0.2) is 0 Å². The van der Waals surface area contributed by atoms with Crippen molar-refractivity contribution in [2.45, 2.75) is 63.8 Å². The number of benzene rings is 1. The minimum Gasteiger partial charge on any atom is -0.313 e. The monoisotopic (exact) mass is 291 g/mol. The van der Waals surface area contributed by atoms with E-state index in [-0.39, 0.29) is 0 Å². The molecule has 0 unspecified atom stereocenters. The molecule has 110 valence electrons. The molecule has 0 aliphatic heterocycles. The van der Waals surface area contributed by atoms with E-state index in [0.717, 1.165) is 5.02 Å². The molecular weight excluding hydrogens is 266 g/mol. The third-order valence-electron chi connectivity index (χ3n) is 5.66. The average molecular weight is 292 g/mol. The molecular formula is C18H26ClN. The van der Waals surface area contributed by atoms with Crippen LogP contribution in [0.5, 0.6) is 0 Å². The molecule has 1 aromatic carbocycles. The predicted molar refractivity (Wildman–Crippen MR) is 86.4 cm³/mol. The van der Waals surface area contributed by atoms with E-state index in [1.807, 2.05) is 12.1 Å². The van der Waals surface area contributed by atoms with Gasteiger partial charge in [0.15, 0.2) is 0 Å². The predicted octanol–water partition coefficient (Wildman–Crippen LogP) is 5.15. The van der Waals surface area contributed by atoms with E-state index in [0.29, 0.717) is 17.4 Å². The van der Waals surface area contributed by atoms with Crippen LogP contribution < -0.4 is 5.32 Å². The fourth-order valence-electron chi connectivity index (χ4n) is 3.99. The van der Waals surface area contributed by atoms with Gasteiger partial charge in [0.25, 0.3) is 0 Å². The van der Waals surface area contributed by atoms with Gasteiger partial charge in [-0.2, -0.15) is 0 Å². The molecule has 0 spiro atoms. The van der Waals surface area contributed by atoms with Crippen LogP contribution in [-0.2, 0) is 0 Å². The number of nitrogens with one attached hydrogen (secondary N) is 1. The molecule has 0 radical (unpaired) electrons. The highest BCUT2D eigenvalue weighted by molar-refractivity contribution is 6.31. The summed E-state index contributed by atoms with van der Waals surface area (Å²) in [6, 6.07) is 9.04. The van der Waals surface area contributed by atoms with Crippen molar-refractivity contribution in [1.29, 1.82) is 0 Å². The fraction of sp³-hybridized carbons (Fsp3) is 0.667. The zero-order chi connectivity index (χ0) is 14.0. The van der Waals surface area contributed by atoms with Crippen LogP contribution in [0.1, 0.15) is 63.4 Å². The van der Waals surface area contributed by atoms with Crippen molar-refractivity contribution in [3.05, 3.63) is 34.9 Å². The lowest BCUT2D eigenvalue weighted by molar-refractivity contribution is 0.213. The van der Waals surface area contributed by atoms with Crippen LogP contribution in [0.4, 0.5) is 0 Å². The van der Waals surface area contributed by atoms with Crippen LogP contribution >= 0.6 is 11.6 Å². The van der Waals surface area contributed by atoms with E-state index in [4.69, 9.17) is 11.6 Å². The second-order valence-electron chi connectivity index (χ2n) is 6.83. The van der Waals surface area contributed by atoms with Gasteiger partial charge in [-0.3, -0.25) is 0 Å². The molecule has 2 saturated carbocycles. The second kappa shape index (κ2) is 6.07. The van der Waals surface area contributed by atoms with Crippen LogP contribution in [0.2, 0.25) is 5.02 Å². The van der Waals surface area contributed by atoms with Gasteiger partial charge in [0.05, 0.1) is 0 Å². The molecule has 0 bridgehead atoms. The Morgan fingerprint density at radius 3 is 2.55 bits per heavy atom. The van der Waals surface area contributed by atoms with Crippen LogP contribution in [0.25, 0.3) is 0 Å². The Labute approximate surface area is 128 Å². The molecule has 2 aliphatic rings. The molecule has 2 heteroatoms. The highest BCUT2D eigenvalue weighted by atomic mass is 35.5. The normalized spacial score (nSPS) is 28.3. The Bertz CT molecular complexity index is 444. The Kier molecular flexibility index (Phi) is 4.37. The summed E-state index contributed by atoms with van der Waals surface area (Å²) < 4.78 is 0. The molecule has 1 aromatic rings. The molecule has 1 nitrogen and oxygen atoms in total. The Hall–Kier alpha value is -0.530. The minimum atomic E-state index is 0.607. The van der Waals surface area contributed by atoms with Crippen LogP contribution in [0.15, 0.2) is 24.3 Å². The Morgan fingerprint density at radius 2 is 1.90 bits per heavy atom. The standard InChI is InChI=1S/C18H26ClN/c1-2-18(9-5-6-10-18)13-20-15-11-14(12-15)16-7-3-4-8-17(16)19/h3-4,7-8,14-15,20H,2,5-6,9-13H2,1H3. The summed E-state index contributed by atoms with van der Waals surface area (Å²) in [6.45, 7) is 3.59. The lowest BCUT2D eigenvalue weighted by Gasteiger charge is -2.39. The van der Waals surface area contributed by atoms with Crippen molar-refractivity contribution >= 4 is 11.6 Å². The van der Waals surface area contributed by atoms with E-state index in [1.165, 1.54) is 57.1 Å². The van der Waals surface area contributed by atoms with Gasteiger partial charge in [0.2, 0.25) is 0 Å². The summed E-state index contributed by atoms with van der Waals surface area (Å²) in [5, 5.41) is 4.77. The van der Waals surface area contributed by atoms with E-state index < -0.39 is 0 Å². The Balaban J connectivity index is 1.48. The van der Waals surface area contributed by atoms with Gasteiger partial charge in [0, 0.05) is 17.6 Å². The van der Waals surface area contributed by atoms with Crippen LogP contribution in [0, 0.1) is 5.41 Å². The quantitative estimate of drug-likeness (QED) is 0.791. The molecule has 2 aliphatic carbocycles. The van der Waals surface area contributed by atoms with Gasteiger partial charge >= 0.3 is 0 Å². The maximum absolute atomic E-state index is 6.28. The van der Waals surface area contributed by atoms with Gasteiger partial charge < -0.3 is 5.32 Å². The smallest absolute Gasteiger partial charge is 0.0440 e. The van der Waals surface area contributed by atoms with E-state index in [1.54, 1.807) is 0 Å². The summed E-state index contributed by atoms with van der Waals surface area (Å²) in [6.07, 6.45) is 9.56. The van der Waals surface area contributed by atoms with Gasteiger partial charge in [-0.05, 0) is 55.1 Å². The summed E-state index contributed by atoms with van der Waals surface area (Å²) in [7, 11) is 0. The SMILES string of the molecule is CCC1(CNC2CC(c3ccccc3Cl)C2)CCCC1. The minimum absolute atomic E-state index is 0.607. The largest absolute Gasteiger partial charge is 0.313 e. The molecule has 3 rings (SSSR count). The summed E-state index contributed by atoms with van der Waals surface area (Å²) in [5.41, 5.74) is 1.95. The highest BCUT2D eigenvalue weighted by Gasteiger charge is 2.35. The number of halogens is 1. The lowest BCUT2D eigenvalue weighted by Crippen LogP contribution is -2.44. The van der Waals surface area contributed by atoms with Crippen molar-refractivity contribution in [3.8, 4) is 0 Å². The molecule has 1 N–H and O–H groups in total. The zero-order valence-corrected chi connectivity index (χ0v) is 13.3. The topological polar surface area (TPSA) is 12.0 Å². The number of hydrogen-bond donors (Lipinski definition) is 1. The highest BCUT2D eigenvalue weighted by Crippen LogP contribution is 2.43. The molecule has 0 amide bonds. The van der Waals surface area contributed by atoms with Crippen molar-refractivity contribution in [2.75, 3.05) is 6.54 Å². The summed E-state index contributed by atoms with van der Waals surface area (Å²) >= 11 is 6.28. The third kappa shape index (κ3) is 2.89. The molecule has 20 heavy (non-hydrogen) atoms. The summed E-state index contributed by atoms with van der Waals surface area (Å²) in [5.74, 6) is 0.669. The maximum atomic E-state index is 6.28. The van der Waals surface area contributed by atoms with E-state index >= 15 is 0 Å². The number of rotatable bonds is 5. The molecule has 0 aromatic heterocycles. The molecule has 0 saturated heterocycles. The van der Waals surface area contributed by atoms with Crippen molar-refractivity contribution < 1.29 is 0 Å².